The van der Waals surface area contributed by atoms with Gasteiger partial charge in [-0.2, -0.15) is 0 Å². The van der Waals surface area contributed by atoms with Crippen LogP contribution in [0.15, 0.2) is 83.5 Å². The molecule has 0 bridgehead atoms. The Morgan fingerprint density at radius 1 is 0.920 bits per heavy atom. The highest BCUT2D eigenvalue weighted by Crippen LogP contribution is 2.52. The lowest BCUT2D eigenvalue weighted by Gasteiger charge is -2.16. The summed E-state index contributed by atoms with van der Waals surface area (Å²) in [6, 6.07) is 20.0. The average Bonchev–Trinajstić information content (AvgIpc) is 2.84. The predicted octanol–water partition coefficient (Wildman–Crippen LogP) is 4.95. The van der Waals surface area contributed by atoms with Crippen LogP contribution in [0.25, 0.3) is 5.70 Å². The van der Waals surface area contributed by atoms with Crippen LogP contribution < -0.4 is 5.32 Å². The van der Waals surface area contributed by atoms with Gasteiger partial charge in [0.15, 0.2) is 5.78 Å². The fourth-order valence-electron chi connectivity index (χ4n) is 3.45. The van der Waals surface area contributed by atoms with Gasteiger partial charge in [-0.15, -0.1) is 11.8 Å². The van der Waals surface area contributed by atoms with Crippen molar-refractivity contribution in [2.75, 3.05) is 5.32 Å². The fourth-order valence-corrected chi connectivity index (χ4v) is 4.72. The summed E-state index contributed by atoms with van der Waals surface area (Å²) in [5.74, 6) is 0.104. The van der Waals surface area contributed by atoms with Crippen molar-refractivity contribution in [1.29, 1.82) is 0 Å². The van der Waals surface area contributed by atoms with Gasteiger partial charge in [-0.05, 0) is 23.8 Å². The first-order valence-electron chi connectivity index (χ1n) is 8.14. The summed E-state index contributed by atoms with van der Waals surface area (Å²) in [6.07, 6.45) is 3.62. The number of Topliss-reactive ketones (excluding diaryl/α,β-unsaturated/α-hetero) is 1. The molecule has 1 aliphatic heterocycles. The minimum absolute atomic E-state index is 0.0836. The van der Waals surface area contributed by atoms with Gasteiger partial charge in [0.05, 0.1) is 16.6 Å². The van der Waals surface area contributed by atoms with Crippen LogP contribution in [-0.2, 0) is 0 Å². The lowest BCUT2D eigenvalue weighted by atomic mass is 10.0. The molecule has 3 aromatic rings. The molecule has 0 fully saturated rings. The fraction of sp³-hybridized carbons (Fsp3) is 0.0476. The molecule has 1 atom stereocenters. The van der Waals surface area contributed by atoms with E-state index in [0.717, 1.165) is 38.5 Å². The summed E-state index contributed by atoms with van der Waals surface area (Å²) in [5, 5.41) is 3.44. The number of hydrogen-bond donors (Lipinski definition) is 1. The number of benzene rings is 2. The van der Waals surface area contributed by atoms with Crippen LogP contribution in [-0.4, -0.2) is 10.8 Å². The second kappa shape index (κ2) is 5.60. The molecule has 0 saturated carbocycles. The topological polar surface area (TPSA) is 42.0 Å². The van der Waals surface area contributed by atoms with E-state index in [-0.39, 0.29) is 11.0 Å². The van der Waals surface area contributed by atoms with Crippen molar-refractivity contribution in [1.82, 2.24) is 4.98 Å². The molecular weight excluding hydrogens is 328 g/mol. The van der Waals surface area contributed by atoms with Gasteiger partial charge < -0.3 is 5.32 Å². The molecule has 1 unspecified atom stereocenters. The van der Waals surface area contributed by atoms with Crippen LogP contribution in [0.1, 0.15) is 26.7 Å². The number of nitrogens with zero attached hydrogens (tertiary/aromatic N) is 1. The van der Waals surface area contributed by atoms with E-state index < -0.39 is 0 Å². The summed E-state index contributed by atoms with van der Waals surface area (Å²) in [7, 11) is 0. The van der Waals surface area contributed by atoms with Gasteiger partial charge in [0.2, 0.25) is 0 Å². The van der Waals surface area contributed by atoms with Crippen molar-refractivity contribution >= 4 is 28.9 Å². The van der Waals surface area contributed by atoms with E-state index >= 15 is 0 Å². The van der Waals surface area contributed by atoms with Crippen LogP contribution in [0.5, 0.6) is 0 Å². The number of aromatic nitrogens is 1. The Labute approximate surface area is 149 Å². The first-order valence-corrected chi connectivity index (χ1v) is 9.02. The first-order chi connectivity index (χ1) is 12.3. The van der Waals surface area contributed by atoms with Gasteiger partial charge in [-0.3, -0.25) is 9.78 Å². The van der Waals surface area contributed by atoms with E-state index in [2.05, 4.69) is 22.4 Å². The molecule has 2 aliphatic rings. The van der Waals surface area contributed by atoms with Crippen molar-refractivity contribution in [3.63, 3.8) is 0 Å². The maximum atomic E-state index is 13.2. The number of carbonyl (C=O) groups is 1. The molecule has 1 aromatic heterocycles. The first kappa shape index (κ1) is 14.5. The molecular formula is C21H14N2OS. The Morgan fingerprint density at radius 3 is 2.56 bits per heavy atom. The molecule has 2 aromatic carbocycles. The van der Waals surface area contributed by atoms with Gasteiger partial charge >= 0.3 is 0 Å². The molecule has 5 rings (SSSR count). The van der Waals surface area contributed by atoms with Crippen LogP contribution in [0.3, 0.4) is 0 Å². The third kappa shape index (κ3) is 2.22. The minimum atomic E-state index is -0.0836. The van der Waals surface area contributed by atoms with E-state index in [1.54, 1.807) is 18.0 Å². The Bertz CT molecular complexity index is 1030. The molecule has 25 heavy (non-hydrogen) atoms. The lowest BCUT2D eigenvalue weighted by molar-refractivity contribution is 0.103. The van der Waals surface area contributed by atoms with Gasteiger partial charge in [0, 0.05) is 34.0 Å². The largest absolute Gasteiger partial charge is 0.354 e. The quantitative estimate of drug-likeness (QED) is 0.679. The van der Waals surface area contributed by atoms with Crippen molar-refractivity contribution in [2.24, 2.45) is 0 Å². The van der Waals surface area contributed by atoms with E-state index in [1.165, 1.54) is 0 Å². The standard InChI is InChI=1S/C21H14N2OS/c24-20-15-8-2-1-7-14(15)19-18(20)21(13-6-5-11-22-12-13)25-17-10-4-3-9-16(17)23-19/h1-12,21,23H. The third-order valence-corrected chi connectivity index (χ3v) is 5.95. The van der Waals surface area contributed by atoms with Crippen molar-refractivity contribution in [3.05, 3.63) is 95.3 Å². The van der Waals surface area contributed by atoms with Crippen LogP contribution in [0.2, 0.25) is 0 Å². The molecule has 1 aliphatic carbocycles. The van der Waals surface area contributed by atoms with Crippen LogP contribution >= 0.6 is 11.8 Å². The van der Waals surface area contributed by atoms with Gasteiger partial charge in [-0.25, -0.2) is 0 Å². The number of thioether (sulfide) groups is 1. The summed E-state index contributed by atoms with van der Waals surface area (Å²) in [5.41, 5.74) is 5.57. The summed E-state index contributed by atoms with van der Waals surface area (Å²) in [4.78, 5) is 18.6. The number of para-hydroxylation sites is 1. The molecule has 120 valence electrons. The normalized spacial score (nSPS) is 18.1. The van der Waals surface area contributed by atoms with Crippen molar-refractivity contribution in [2.45, 2.75) is 10.1 Å². The maximum Gasteiger partial charge on any atom is 0.193 e. The number of fused-ring (bicyclic) bond motifs is 3. The van der Waals surface area contributed by atoms with E-state index in [4.69, 9.17) is 0 Å². The lowest BCUT2D eigenvalue weighted by Crippen LogP contribution is -2.07. The zero-order chi connectivity index (χ0) is 16.8. The van der Waals surface area contributed by atoms with Gasteiger partial charge in [0.1, 0.15) is 0 Å². The van der Waals surface area contributed by atoms with E-state index in [0.29, 0.717) is 0 Å². The molecule has 0 spiro atoms. The second-order valence-corrected chi connectivity index (χ2v) is 7.22. The summed E-state index contributed by atoms with van der Waals surface area (Å²) < 4.78 is 0. The Kier molecular flexibility index (Phi) is 3.25. The molecule has 2 heterocycles. The van der Waals surface area contributed by atoms with Crippen molar-refractivity contribution < 1.29 is 4.79 Å². The number of hydrogen-bond acceptors (Lipinski definition) is 4. The number of carbonyl (C=O) groups excluding carboxylic acids is 1. The SMILES string of the molecule is O=C1C2=C(Nc3ccccc3SC2c2cccnc2)c2ccccc21. The smallest absolute Gasteiger partial charge is 0.193 e. The monoisotopic (exact) mass is 342 g/mol. The van der Waals surface area contributed by atoms with E-state index in [1.807, 2.05) is 54.7 Å². The number of pyridine rings is 1. The average molecular weight is 342 g/mol. The molecule has 3 nitrogen and oxygen atoms in total. The van der Waals surface area contributed by atoms with Crippen LogP contribution in [0.4, 0.5) is 5.69 Å². The predicted molar refractivity (Wildman–Crippen MR) is 101 cm³/mol. The highest BCUT2D eigenvalue weighted by atomic mass is 32.2. The maximum absolute atomic E-state index is 13.2. The Morgan fingerprint density at radius 2 is 1.72 bits per heavy atom. The highest BCUT2D eigenvalue weighted by Gasteiger charge is 2.38. The molecule has 0 amide bonds. The zero-order valence-corrected chi connectivity index (χ0v) is 14.1. The third-order valence-electron chi connectivity index (χ3n) is 4.60. The highest BCUT2D eigenvalue weighted by molar-refractivity contribution is 8.00. The number of anilines is 1. The molecule has 0 saturated heterocycles. The van der Waals surface area contributed by atoms with E-state index in [9.17, 15) is 4.79 Å². The summed E-state index contributed by atoms with van der Waals surface area (Å²) >= 11 is 1.70. The Hall–Kier alpha value is -2.85. The minimum Gasteiger partial charge on any atom is -0.354 e. The summed E-state index contributed by atoms with van der Waals surface area (Å²) in [6.45, 7) is 0. The number of ketones is 1. The zero-order valence-electron chi connectivity index (χ0n) is 13.3. The second-order valence-electron chi connectivity index (χ2n) is 6.07. The van der Waals surface area contributed by atoms with Gasteiger partial charge in [0.25, 0.3) is 0 Å². The molecule has 0 radical (unpaired) electrons. The number of rotatable bonds is 1. The Balaban J connectivity index is 1.76. The number of nitrogens with one attached hydrogen (secondary N) is 1. The van der Waals surface area contributed by atoms with Gasteiger partial charge in [-0.1, -0.05) is 42.5 Å². The molecule has 1 N–H and O–H groups in total. The molecule has 4 heteroatoms. The van der Waals surface area contributed by atoms with Crippen LogP contribution in [0, 0.1) is 0 Å². The van der Waals surface area contributed by atoms with Crippen molar-refractivity contribution in [3.8, 4) is 0 Å².